The van der Waals surface area contributed by atoms with Crippen molar-refractivity contribution >= 4 is 17.3 Å². The minimum absolute atomic E-state index is 0.0772. The van der Waals surface area contributed by atoms with Crippen LogP contribution < -0.4 is 16.2 Å². The summed E-state index contributed by atoms with van der Waals surface area (Å²) >= 11 is 6.19. The Balaban J connectivity index is 1.75. The molecule has 21 heavy (non-hydrogen) atoms. The maximum atomic E-state index is 12.6. The highest BCUT2D eigenvalue weighted by Gasteiger charge is 2.21. The second kappa shape index (κ2) is 6.79. The van der Waals surface area contributed by atoms with E-state index in [1.54, 1.807) is 10.9 Å². The monoisotopic (exact) mass is 310 g/mol. The fourth-order valence-electron chi connectivity index (χ4n) is 3.02. The SMILES string of the molecule is O=c1c(NC2CCCNCC2)c(Cl)cnn1CC1CCC1. The zero-order valence-electron chi connectivity index (χ0n) is 12.3. The van der Waals surface area contributed by atoms with Crippen molar-refractivity contribution < 1.29 is 0 Å². The van der Waals surface area contributed by atoms with Gasteiger partial charge in [-0.15, -0.1) is 0 Å². The Kier molecular flexibility index (Phi) is 4.80. The van der Waals surface area contributed by atoms with Crippen molar-refractivity contribution in [2.24, 2.45) is 5.92 Å². The second-order valence-electron chi connectivity index (χ2n) is 6.17. The first kappa shape index (κ1) is 14.9. The fourth-order valence-corrected chi connectivity index (χ4v) is 3.20. The Morgan fingerprint density at radius 2 is 2.14 bits per heavy atom. The average molecular weight is 311 g/mol. The third-order valence-electron chi connectivity index (χ3n) is 4.58. The molecule has 1 unspecified atom stereocenters. The van der Waals surface area contributed by atoms with Gasteiger partial charge in [-0.3, -0.25) is 4.79 Å². The van der Waals surface area contributed by atoms with E-state index in [9.17, 15) is 4.79 Å². The number of nitrogens with zero attached hydrogens (tertiary/aromatic N) is 2. The van der Waals surface area contributed by atoms with Gasteiger partial charge in [0.1, 0.15) is 5.69 Å². The highest BCUT2D eigenvalue weighted by molar-refractivity contribution is 6.33. The number of rotatable bonds is 4. The Bertz CT molecular complexity index is 533. The van der Waals surface area contributed by atoms with E-state index >= 15 is 0 Å². The molecule has 0 aromatic carbocycles. The Hall–Kier alpha value is -1.07. The zero-order valence-corrected chi connectivity index (χ0v) is 13.0. The summed E-state index contributed by atoms with van der Waals surface area (Å²) < 4.78 is 1.58. The van der Waals surface area contributed by atoms with E-state index < -0.39 is 0 Å². The average Bonchev–Trinajstić information content (AvgIpc) is 2.69. The predicted molar refractivity (Wildman–Crippen MR) is 85.0 cm³/mol. The minimum Gasteiger partial charge on any atom is -0.376 e. The molecule has 1 atom stereocenters. The molecule has 1 saturated heterocycles. The van der Waals surface area contributed by atoms with Gasteiger partial charge in [-0.25, -0.2) is 4.68 Å². The van der Waals surface area contributed by atoms with Gasteiger partial charge in [-0.2, -0.15) is 5.10 Å². The number of nitrogens with one attached hydrogen (secondary N) is 2. The Morgan fingerprint density at radius 1 is 1.29 bits per heavy atom. The summed E-state index contributed by atoms with van der Waals surface area (Å²) in [4.78, 5) is 12.6. The molecule has 1 aliphatic heterocycles. The first-order valence-electron chi connectivity index (χ1n) is 7.97. The maximum absolute atomic E-state index is 12.6. The molecule has 2 heterocycles. The molecular formula is C15H23ClN4O. The molecule has 0 bridgehead atoms. The van der Waals surface area contributed by atoms with E-state index in [4.69, 9.17) is 11.6 Å². The van der Waals surface area contributed by atoms with Gasteiger partial charge >= 0.3 is 0 Å². The predicted octanol–water partition coefficient (Wildman–Crippen LogP) is 2.25. The van der Waals surface area contributed by atoms with Crippen LogP contribution in [0.4, 0.5) is 5.69 Å². The summed E-state index contributed by atoms with van der Waals surface area (Å²) in [6.45, 7) is 2.75. The number of halogens is 1. The van der Waals surface area contributed by atoms with Crippen molar-refractivity contribution in [1.82, 2.24) is 15.1 Å². The fraction of sp³-hybridized carbons (Fsp3) is 0.733. The van der Waals surface area contributed by atoms with Crippen molar-refractivity contribution in [3.05, 3.63) is 21.6 Å². The van der Waals surface area contributed by atoms with Crippen LogP contribution in [0.25, 0.3) is 0 Å². The third-order valence-corrected chi connectivity index (χ3v) is 4.86. The summed E-state index contributed by atoms with van der Waals surface area (Å²) in [5.74, 6) is 0.603. The van der Waals surface area contributed by atoms with E-state index in [0.29, 0.717) is 22.7 Å². The third kappa shape index (κ3) is 3.58. The molecule has 1 saturated carbocycles. The van der Waals surface area contributed by atoms with Gasteiger partial charge in [0.15, 0.2) is 0 Å². The Morgan fingerprint density at radius 3 is 2.90 bits per heavy atom. The number of aromatic nitrogens is 2. The molecule has 6 heteroatoms. The lowest BCUT2D eigenvalue weighted by Crippen LogP contribution is -2.33. The molecule has 0 radical (unpaired) electrons. The van der Waals surface area contributed by atoms with Gasteiger partial charge in [0, 0.05) is 12.6 Å². The first-order valence-corrected chi connectivity index (χ1v) is 8.34. The highest BCUT2D eigenvalue weighted by atomic mass is 35.5. The number of hydrogen-bond donors (Lipinski definition) is 2. The molecule has 116 valence electrons. The van der Waals surface area contributed by atoms with Gasteiger partial charge in [0.05, 0.1) is 11.2 Å². The summed E-state index contributed by atoms with van der Waals surface area (Å²) in [6.07, 6.45) is 8.47. The van der Waals surface area contributed by atoms with E-state index in [0.717, 1.165) is 38.9 Å². The molecule has 1 aliphatic carbocycles. The quantitative estimate of drug-likeness (QED) is 0.895. The second-order valence-corrected chi connectivity index (χ2v) is 6.58. The molecular weight excluding hydrogens is 288 g/mol. The van der Waals surface area contributed by atoms with Crippen LogP contribution in [-0.4, -0.2) is 28.9 Å². The van der Waals surface area contributed by atoms with Gasteiger partial charge in [-0.05, 0) is 51.1 Å². The molecule has 1 aromatic rings. The van der Waals surface area contributed by atoms with E-state index in [2.05, 4.69) is 15.7 Å². The van der Waals surface area contributed by atoms with Crippen LogP contribution in [0.3, 0.4) is 0 Å². The molecule has 0 spiro atoms. The van der Waals surface area contributed by atoms with Gasteiger partial charge in [0.25, 0.3) is 5.56 Å². The lowest BCUT2D eigenvalue weighted by atomic mass is 9.85. The molecule has 1 aromatic heterocycles. The van der Waals surface area contributed by atoms with Crippen molar-refractivity contribution in [1.29, 1.82) is 0 Å². The van der Waals surface area contributed by atoms with Crippen LogP contribution in [-0.2, 0) is 6.54 Å². The van der Waals surface area contributed by atoms with Crippen molar-refractivity contribution in [3.63, 3.8) is 0 Å². The van der Waals surface area contributed by atoms with Gasteiger partial charge in [-0.1, -0.05) is 18.0 Å². The number of hydrogen-bond acceptors (Lipinski definition) is 4. The van der Waals surface area contributed by atoms with E-state index in [-0.39, 0.29) is 5.56 Å². The lowest BCUT2D eigenvalue weighted by molar-refractivity contribution is 0.262. The molecule has 2 aliphatic rings. The van der Waals surface area contributed by atoms with Crippen LogP contribution in [0.1, 0.15) is 38.5 Å². The largest absolute Gasteiger partial charge is 0.376 e. The molecule has 0 amide bonds. The van der Waals surface area contributed by atoms with Crippen LogP contribution >= 0.6 is 11.6 Å². The summed E-state index contributed by atoms with van der Waals surface area (Å²) in [7, 11) is 0. The normalized spacial score (nSPS) is 23.4. The smallest absolute Gasteiger partial charge is 0.291 e. The van der Waals surface area contributed by atoms with Crippen LogP contribution in [0.5, 0.6) is 0 Å². The summed E-state index contributed by atoms with van der Waals surface area (Å²) in [6, 6.07) is 0.310. The van der Waals surface area contributed by atoms with Crippen LogP contribution in [0.15, 0.2) is 11.0 Å². The minimum atomic E-state index is -0.0772. The molecule has 5 nitrogen and oxygen atoms in total. The molecule has 3 rings (SSSR count). The number of anilines is 1. The van der Waals surface area contributed by atoms with Crippen molar-refractivity contribution in [2.45, 2.75) is 51.1 Å². The van der Waals surface area contributed by atoms with Crippen LogP contribution in [0, 0.1) is 5.92 Å². The van der Waals surface area contributed by atoms with Crippen molar-refractivity contribution in [3.8, 4) is 0 Å². The zero-order chi connectivity index (χ0) is 14.7. The Labute approximate surface area is 130 Å². The topological polar surface area (TPSA) is 59.0 Å². The first-order chi connectivity index (χ1) is 10.2. The summed E-state index contributed by atoms with van der Waals surface area (Å²) in [5, 5.41) is 11.4. The van der Waals surface area contributed by atoms with E-state index in [1.807, 2.05) is 0 Å². The van der Waals surface area contributed by atoms with Gasteiger partial charge < -0.3 is 10.6 Å². The maximum Gasteiger partial charge on any atom is 0.291 e. The summed E-state index contributed by atoms with van der Waals surface area (Å²) in [5.41, 5.74) is 0.449. The standard InChI is InChI=1S/C15H23ClN4O/c16-13-9-18-20(10-11-3-1-4-11)15(21)14(13)19-12-5-2-7-17-8-6-12/h9,11-12,17,19H,1-8,10H2. The van der Waals surface area contributed by atoms with E-state index in [1.165, 1.54) is 19.3 Å². The molecule has 2 N–H and O–H groups in total. The highest BCUT2D eigenvalue weighted by Crippen LogP contribution is 2.27. The van der Waals surface area contributed by atoms with Crippen LogP contribution in [0.2, 0.25) is 5.02 Å². The lowest BCUT2D eigenvalue weighted by Gasteiger charge is -2.25. The van der Waals surface area contributed by atoms with Crippen molar-refractivity contribution in [2.75, 3.05) is 18.4 Å². The van der Waals surface area contributed by atoms with Gasteiger partial charge in [0.2, 0.25) is 0 Å². The molecule has 2 fully saturated rings.